The van der Waals surface area contributed by atoms with Gasteiger partial charge in [-0.3, -0.25) is 10.5 Å². The van der Waals surface area contributed by atoms with Gasteiger partial charge in [-0.1, -0.05) is 29.8 Å². The smallest absolute Gasteiger partial charge is 0.0904 e. The molecular formula is C14H19ClN4OS. The van der Waals surface area contributed by atoms with E-state index < -0.39 is 0 Å². The van der Waals surface area contributed by atoms with E-state index in [-0.39, 0.29) is 6.04 Å². The van der Waals surface area contributed by atoms with Crippen LogP contribution < -0.4 is 11.3 Å². The molecule has 1 aromatic carbocycles. The Bertz CT molecular complexity index is 590. The summed E-state index contributed by atoms with van der Waals surface area (Å²) in [6.07, 6.45) is 3.68. The quantitative estimate of drug-likeness (QED) is 0.465. The van der Waals surface area contributed by atoms with Crippen LogP contribution in [0.15, 0.2) is 35.4 Å². The van der Waals surface area contributed by atoms with E-state index in [4.69, 9.17) is 22.2 Å². The lowest BCUT2D eigenvalue weighted by molar-refractivity contribution is 0.182. The van der Waals surface area contributed by atoms with Crippen LogP contribution in [-0.2, 0) is 11.3 Å². The summed E-state index contributed by atoms with van der Waals surface area (Å²) in [6.45, 7) is 1.19. The summed E-state index contributed by atoms with van der Waals surface area (Å²) < 4.78 is 6.94. The maximum absolute atomic E-state index is 6.32. The van der Waals surface area contributed by atoms with Crippen LogP contribution in [0.1, 0.15) is 17.3 Å². The van der Waals surface area contributed by atoms with Gasteiger partial charge in [0.2, 0.25) is 0 Å². The fraction of sp³-hybridized carbons (Fsp3) is 0.357. The standard InChI is InChI=1S/C14H19ClN4OS/c1-20-8-7-19-14(11(15)9-17-19)13(18-16)10-5-3-4-6-12(10)21-2/h3-6,9,13,18H,7-8,16H2,1-2H3. The first kappa shape index (κ1) is 16.3. The lowest BCUT2D eigenvalue weighted by Crippen LogP contribution is -2.31. The molecule has 0 aliphatic rings. The molecule has 1 aromatic heterocycles. The Morgan fingerprint density at radius 3 is 2.90 bits per heavy atom. The molecule has 0 aliphatic carbocycles. The van der Waals surface area contributed by atoms with Gasteiger partial charge in [0.25, 0.3) is 0 Å². The molecule has 0 saturated carbocycles. The van der Waals surface area contributed by atoms with E-state index in [1.54, 1.807) is 25.1 Å². The number of rotatable bonds is 7. The van der Waals surface area contributed by atoms with Crippen LogP contribution in [0.25, 0.3) is 0 Å². The molecule has 1 unspecified atom stereocenters. The number of ether oxygens (including phenoxy) is 1. The molecule has 7 heteroatoms. The van der Waals surface area contributed by atoms with Crippen molar-refractivity contribution in [2.24, 2.45) is 5.84 Å². The summed E-state index contributed by atoms with van der Waals surface area (Å²) in [4.78, 5) is 1.15. The maximum atomic E-state index is 6.32. The number of hydrogen-bond acceptors (Lipinski definition) is 5. The molecular weight excluding hydrogens is 308 g/mol. The number of aromatic nitrogens is 2. The van der Waals surface area contributed by atoms with E-state index in [1.807, 2.05) is 29.1 Å². The SMILES string of the molecule is COCCn1ncc(Cl)c1C(NN)c1ccccc1SC. The van der Waals surface area contributed by atoms with E-state index in [2.05, 4.69) is 16.6 Å². The van der Waals surface area contributed by atoms with E-state index in [0.717, 1.165) is 16.2 Å². The lowest BCUT2D eigenvalue weighted by atomic mass is 10.0. The van der Waals surface area contributed by atoms with Gasteiger partial charge in [0.15, 0.2) is 0 Å². The number of benzene rings is 1. The van der Waals surface area contributed by atoms with Crippen molar-refractivity contribution < 1.29 is 4.74 Å². The third-order valence-electron chi connectivity index (χ3n) is 3.23. The first-order valence-corrected chi connectivity index (χ1v) is 8.12. The van der Waals surface area contributed by atoms with Crippen molar-refractivity contribution in [1.82, 2.24) is 15.2 Å². The molecule has 2 rings (SSSR count). The van der Waals surface area contributed by atoms with Crippen molar-refractivity contribution in [3.63, 3.8) is 0 Å². The van der Waals surface area contributed by atoms with Crippen molar-refractivity contribution in [3.8, 4) is 0 Å². The maximum Gasteiger partial charge on any atom is 0.0904 e. The zero-order chi connectivity index (χ0) is 15.2. The predicted molar refractivity (Wildman–Crippen MR) is 86.5 cm³/mol. The summed E-state index contributed by atoms with van der Waals surface area (Å²) >= 11 is 7.99. The number of halogens is 1. The third kappa shape index (κ3) is 3.59. The Morgan fingerprint density at radius 1 is 1.48 bits per heavy atom. The first-order chi connectivity index (χ1) is 10.2. The average molecular weight is 327 g/mol. The van der Waals surface area contributed by atoms with Crippen LogP contribution in [0.2, 0.25) is 5.02 Å². The zero-order valence-electron chi connectivity index (χ0n) is 12.0. The van der Waals surface area contributed by atoms with Crippen LogP contribution in [0, 0.1) is 0 Å². The van der Waals surface area contributed by atoms with Crippen molar-refractivity contribution in [2.75, 3.05) is 20.0 Å². The van der Waals surface area contributed by atoms with Crippen molar-refractivity contribution in [3.05, 3.63) is 46.7 Å². The summed E-state index contributed by atoms with van der Waals surface area (Å²) in [5, 5.41) is 4.89. The summed E-state index contributed by atoms with van der Waals surface area (Å²) in [6, 6.07) is 7.88. The van der Waals surface area contributed by atoms with Gasteiger partial charge in [-0.2, -0.15) is 5.10 Å². The first-order valence-electron chi connectivity index (χ1n) is 6.52. The Balaban J connectivity index is 2.44. The molecule has 0 bridgehead atoms. The molecule has 1 heterocycles. The monoisotopic (exact) mass is 326 g/mol. The Morgan fingerprint density at radius 2 is 2.24 bits per heavy atom. The van der Waals surface area contributed by atoms with Gasteiger partial charge in [0.1, 0.15) is 0 Å². The molecule has 5 nitrogen and oxygen atoms in total. The van der Waals surface area contributed by atoms with E-state index in [1.165, 1.54) is 0 Å². The minimum atomic E-state index is -0.222. The molecule has 3 N–H and O–H groups in total. The van der Waals surface area contributed by atoms with E-state index >= 15 is 0 Å². The minimum Gasteiger partial charge on any atom is -0.383 e. The lowest BCUT2D eigenvalue weighted by Gasteiger charge is -2.21. The molecule has 0 saturated heterocycles. The number of nitrogens with zero attached hydrogens (tertiary/aromatic N) is 2. The topological polar surface area (TPSA) is 65.1 Å². The fourth-order valence-corrected chi connectivity index (χ4v) is 3.12. The molecule has 0 aliphatic heterocycles. The second kappa shape index (κ2) is 7.82. The van der Waals surface area contributed by atoms with Crippen LogP contribution in [-0.4, -0.2) is 29.8 Å². The molecule has 0 spiro atoms. The van der Waals surface area contributed by atoms with Gasteiger partial charge < -0.3 is 4.74 Å². The molecule has 2 aromatic rings. The second-order valence-electron chi connectivity index (χ2n) is 4.44. The van der Waals surface area contributed by atoms with Gasteiger partial charge in [0.05, 0.1) is 36.1 Å². The Labute approximate surface area is 133 Å². The number of hydrogen-bond donors (Lipinski definition) is 2. The Kier molecular flexibility index (Phi) is 6.08. The summed E-state index contributed by atoms with van der Waals surface area (Å²) in [7, 11) is 1.66. The highest BCUT2D eigenvalue weighted by Gasteiger charge is 2.23. The number of methoxy groups -OCH3 is 1. The molecule has 21 heavy (non-hydrogen) atoms. The second-order valence-corrected chi connectivity index (χ2v) is 5.69. The number of thioether (sulfide) groups is 1. The van der Waals surface area contributed by atoms with Gasteiger partial charge >= 0.3 is 0 Å². The van der Waals surface area contributed by atoms with Crippen molar-refractivity contribution in [1.29, 1.82) is 0 Å². The van der Waals surface area contributed by atoms with Crippen LogP contribution >= 0.6 is 23.4 Å². The van der Waals surface area contributed by atoms with Crippen LogP contribution in [0.4, 0.5) is 0 Å². The van der Waals surface area contributed by atoms with Crippen molar-refractivity contribution >= 4 is 23.4 Å². The van der Waals surface area contributed by atoms with Crippen LogP contribution in [0.3, 0.4) is 0 Å². The van der Waals surface area contributed by atoms with E-state index in [9.17, 15) is 0 Å². The van der Waals surface area contributed by atoms with E-state index in [0.29, 0.717) is 18.2 Å². The molecule has 114 valence electrons. The summed E-state index contributed by atoms with van der Waals surface area (Å²) in [5.74, 6) is 5.80. The highest BCUT2D eigenvalue weighted by Crippen LogP contribution is 2.33. The zero-order valence-corrected chi connectivity index (χ0v) is 13.6. The number of nitrogens with two attached hydrogens (primary N) is 1. The normalized spacial score (nSPS) is 12.6. The highest BCUT2D eigenvalue weighted by molar-refractivity contribution is 7.98. The van der Waals surface area contributed by atoms with Gasteiger partial charge in [0, 0.05) is 12.0 Å². The number of hydrazine groups is 1. The average Bonchev–Trinajstić information content (AvgIpc) is 2.88. The molecule has 0 fully saturated rings. The number of nitrogens with one attached hydrogen (secondary N) is 1. The molecule has 0 amide bonds. The van der Waals surface area contributed by atoms with Crippen LogP contribution in [0.5, 0.6) is 0 Å². The fourth-order valence-electron chi connectivity index (χ4n) is 2.24. The van der Waals surface area contributed by atoms with Gasteiger partial charge in [-0.15, -0.1) is 11.8 Å². The molecule has 1 atom stereocenters. The van der Waals surface area contributed by atoms with Gasteiger partial charge in [-0.05, 0) is 17.9 Å². The van der Waals surface area contributed by atoms with Crippen molar-refractivity contribution in [2.45, 2.75) is 17.5 Å². The third-order valence-corrected chi connectivity index (χ3v) is 4.33. The largest absolute Gasteiger partial charge is 0.383 e. The predicted octanol–water partition coefficient (Wildman–Crippen LogP) is 2.46. The highest BCUT2D eigenvalue weighted by atomic mass is 35.5. The minimum absolute atomic E-state index is 0.222. The molecule has 0 radical (unpaired) electrons. The summed E-state index contributed by atoms with van der Waals surface area (Å²) in [5.41, 5.74) is 4.78. The van der Waals surface area contributed by atoms with Gasteiger partial charge in [-0.25, -0.2) is 5.43 Å². The Hall–Kier alpha value is -1.05.